The average Bonchev–Trinajstić information content (AvgIpc) is 3.35. The number of hydrogen-bond donors (Lipinski definition) is 0. The quantitative estimate of drug-likeness (QED) is 0.614. The van der Waals surface area contributed by atoms with E-state index in [0.29, 0.717) is 24.9 Å². The Balaban J connectivity index is 1.43. The maximum absolute atomic E-state index is 13.6. The van der Waals surface area contributed by atoms with Crippen LogP contribution in [0.1, 0.15) is 42.3 Å². The Morgan fingerprint density at radius 3 is 2.44 bits per heavy atom. The van der Waals surface area contributed by atoms with Crippen LogP contribution in [0.25, 0.3) is 0 Å². The summed E-state index contributed by atoms with van der Waals surface area (Å²) in [5.41, 5.74) is 3.15. The molecule has 4 heterocycles. The lowest BCUT2D eigenvalue weighted by molar-refractivity contribution is -0.680. The summed E-state index contributed by atoms with van der Waals surface area (Å²) >= 11 is 0. The van der Waals surface area contributed by atoms with Gasteiger partial charge in [-0.05, 0) is 57.5 Å². The molecule has 0 aliphatic carbocycles. The second-order valence-electron chi connectivity index (χ2n) is 9.38. The maximum atomic E-state index is 13.6. The molecule has 9 nitrogen and oxygen atoms in total. The van der Waals surface area contributed by atoms with Gasteiger partial charge in [-0.15, -0.1) is 0 Å². The standard InChI is InChI=1S/C25H33N6O3/c1-17-18(2)31-21-22(26-24(31)30(17)16-19-8-10-20(34-4)11-9-19)27(3)25(33)29(23(21)32)15-14-28-12-6-5-7-13-28/h8-11,21H,5-7,12-16H2,1-4H3/q+1. The minimum Gasteiger partial charge on any atom is -0.497 e. The molecule has 3 aliphatic rings. The highest BCUT2D eigenvalue weighted by Crippen LogP contribution is 2.35. The van der Waals surface area contributed by atoms with Crippen molar-refractivity contribution in [2.24, 2.45) is 4.99 Å². The van der Waals surface area contributed by atoms with E-state index in [4.69, 9.17) is 9.73 Å². The van der Waals surface area contributed by atoms with Crippen LogP contribution in [0, 0.1) is 13.8 Å². The number of methoxy groups -OCH3 is 1. The van der Waals surface area contributed by atoms with Gasteiger partial charge in [0.25, 0.3) is 5.91 Å². The molecule has 2 aromatic rings. The lowest BCUT2D eigenvalue weighted by atomic mass is 10.1. The summed E-state index contributed by atoms with van der Waals surface area (Å²) < 4.78 is 9.38. The third-order valence-corrected chi connectivity index (χ3v) is 7.41. The molecule has 0 saturated carbocycles. The lowest BCUT2D eigenvalue weighted by Crippen LogP contribution is -2.59. The summed E-state index contributed by atoms with van der Waals surface area (Å²) in [5.74, 6) is 1.83. The van der Waals surface area contributed by atoms with Crippen LogP contribution in [0.15, 0.2) is 29.3 Å². The van der Waals surface area contributed by atoms with E-state index in [0.717, 1.165) is 42.3 Å². The highest BCUT2D eigenvalue weighted by atomic mass is 16.5. The van der Waals surface area contributed by atoms with Crippen molar-refractivity contribution >= 4 is 23.7 Å². The van der Waals surface area contributed by atoms with Crippen LogP contribution in [-0.4, -0.2) is 77.4 Å². The van der Waals surface area contributed by atoms with E-state index in [1.165, 1.54) is 24.2 Å². The summed E-state index contributed by atoms with van der Waals surface area (Å²) in [6.45, 7) is 7.89. The number of fused-ring (bicyclic) bond motifs is 3. The molecule has 9 heteroatoms. The first-order valence-corrected chi connectivity index (χ1v) is 12.0. The maximum Gasteiger partial charge on any atom is 0.402 e. The second-order valence-corrected chi connectivity index (χ2v) is 9.38. The Morgan fingerprint density at radius 1 is 1.06 bits per heavy atom. The number of ether oxygens (including phenoxy) is 1. The van der Waals surface area contributed by atoms with Crippen molar-refractivity contribution in [3.8, 4) is 5.75 Å². The van der Waals surface area contributed by atoms with Crippen molar-refractivity contribution in [3.63, 3.8) is 0 Å². The number of carbonyl (C=O) groups excluding carboxylic acids is 2. The zero-order chi connectivity index (χ0) is 24.0. The van der Waals surface area contributed by atoms with Gasteiger partial charge < -0.3 is 9.64 Å². The summed E-state index contributed by atoms with van der Waals surface area (Å²) in [7, 11) is 3.37. The fourth-order valence-corrected chi connectivity index (χ4v) is 5.24. The van der Waals surface area contributed by atoms with Crippen LogP contribution in [0.5, 0.6) is 5.75 Å². The highest BCUT2D eigenvalue weighted by Gasteiger charge is 2.54. The van der Waals surface area contributed by atoms with Gasteiger partial charge >= 0.3 is 12.0 Å². The predicted octanol–water partition coefficient (Wildman–Crippen LogP) is 2.41. The number of piperidine rings is 1. The summed E-state index contributed by atoms with van der Waals surface area (Å²) in [4.78, 5) is 36.9. The van der Waals surface area contributed by atoms with Crippen LogP contribution in [0.2, 0.25) is 0 Å². The molecular formula is C25H33N6O3+. The first kappa shape index (κ1) is 22.6. The first-order chi connectivity index (χ1) is 16.4. The van der Waals surface area contributed by atoms with Crippen molar-refractivity contribution in [1.29, 1.82) is 0 Å². The van der Waals surface area contributed by atoms with Gasteiger partial charge in [0.05, 0.1) is 13.7 Å². The molecule has 0 N–H and O–H groups in total. The molecule has 3 aliphatic heterocycles. The van der Waals surface area contributed by atoms with E-state index in [9.17, 15) is 9.59 Å². The number of rotatable bonds is 6. The minimum atomic E-state index is -0.602. The molecule has 2 fully saturated rings. The van der Waals surface area contributed by atoms with Crippen molar-refractivity contribution in [1.82, 2.24) is 19.3 Å². The number of aliphatic imine (C=N–C) groups is 1. The van der Waals surface area contributed by atoms with E-state index in [1.807, 2.05) is 35.8 Å². The highest BCUT2D eigenvalue weighted by molar-refractivity contribution is 6.20. The average molecular weight is 466 g/mol. The number of likely N-dealkylation sites (tertiary alicyclic amines) is 1. The number of urea groups is 1. The van der Waals surface area contributed by atoms with Crippen LogP contribution in [0.4, 0.5) is 10.7 Å². The SMILES string of the molecule is COc1ccc(C[n+]2c(C)c(C)n3c2N=C2C3C(=O)N(CCN3CCCCC3)C(=O)N2C)cc1. The van der Waals surface area contributed by atoms with Gasteiger partial charge in [-0.1, -0.05) is 23.5 Å². The normalized spacial score (nSPS) is 20.5. The van der Waals surface area contributed by atoms with Crippen molar-refractivity contribution < 1.29 is 18.9 Å². The summed E-state index contributed by atoms with van der Waals surface area (Å²) in [5, 5.41) is 0. The zero-order valence-electron chi connectivity index (χ0n) is 20.5. The number of amidine groups is 1. The van der Waals surface area contributed by atoms with Crippen LogP contribution >= 0.6 is 0 Å². The number of carbonyl (C=O) groups is 2. The van der Waals surface area contributed by atoms with E-state index in [2.05, 4.69) is 16.4 Å². The smallest absolute Gasteiger partial charge is 0.402 e. The Labute approximate surface area is 200 Å². The fraction of sp³-hybridized carbons (Fsp3) is 0.520. The number of likely N-dealkylation sites (N-methyl/N-ethyl adjacent to an activating group) is 1. The van der Waals surface area contributed by atoms with Gasteiger partial charge in [0.15, 0.2) is 0 Å². The summed E-state index contributed by atoms with van der Waals surface area (Å²) in [6.07, 6.45) is 3.62. The number of benzene rings is 1. The van der Waals surface area contributed by atoms with E-state index in [-0.39, 0.29) is 11.9 Å². The van der Waals surface area contributed by atoms with Gasteiger partial charge in [-0.3, -0.25) is 14.6 Å². The number of nitrogens with zero attached hydrogens (tertiary/aromatic N) is 6. The van der Waals surface area contributed by atoms with Gasteiger partial charge in [0.2, 0.25) is 11.9 Å². The van der Waals surface area contributed by atoms with E-state index in [1.54, 1.807) is 19.1 Å². The molecule has 5 rings (SSSR count). The van der Waals surface area contributed by atoms with Crippen molar-refractivity contribution in [2.75, 3.05) is 40.3 Å². The molecule has 0 spiro atoms. The largest absolute Gasteiger partial charge is 0.497 e. The monoisotopic (exact) mass is 465 g/mol. The van der Waals surface area contributed by atoms with Gasteiger partial charge in [-0.25, -0.2) is 13.9 Å². The number of imidazole rings is 1. The van der Waals surface area contributed by atoms with Crippen molar-refractivity contribution in [3.05, 3.63) is 41.2 Å². The first-order valence-electron chi connectivity index (χ1n) is 12.0. The molecule has 1 unspecified atom stereocenters. The third kappa shape index (κ3) is 3.68. The fourth-order valence-electron chi connectivity index (χ4n) is 5.24. The minimum absolute atomic E-state index is 0.188. The number of hydrogen-bond acceptors (Lipinski definition) is 5. The molecule has 2 saturated heterocycles. The molecule has 180 valence electrons. The van der Waals surface area contributed by atoms with E-state index >= 15 is 0 Å². The van der Waals surface area contributed by atoms with Gasteiger partial charge in [0.1, 0.15) is 17.1 Å². The molecule has 1 aromatic heterocycles. The third-order valence-electron chi connectivity index (χ3n) is 7.41. The lowest BCUT2D eigenvalue weighted by Gasteiger charge is -2.35. The Morgan fingerprint density at radius 2 is 1.76 bits per heavy atom. The number of amides is 3. The van der Waals surface area contributed by atoms with Crippen LogP contribution < -0.4 is 9.30 Å². The molecule has 0 radical (unpaired) electrons. The Kier molecular flexibility index (Phi) is 5.89. The van der Waals surface area contributed by atoms with Gasteiger partial charge in [-0.2, -0.15) is 0 Å². The van der Waals surface area contributed by atoms with Crippen molar-refractivity contribution in [2.45, 2.75) is 45.7 Å². The molecule has 0 bridgehead atoms. The predicted molar refractivity (Wildman–Crippen MR) is 127 cm³/mol. The van der Waals surface area contributed by atoms with Crippen LogP contribution in [0.3, 0.4) is 0 Å². The molecule has 1 atom stereocenters. The zero-order valence-corrected chi connectivity index (χ0v) is 20.5. The Bertz CT molecular complexity index is 1150. The Hall–Kier alpha value is -3.20. The second kappa shape index (κ2) is 8.87. The number of imide groups is 1. The van der Waals surface area contributed by atoms with Crippen LogP contribution in [-0.2, 0) is 11.3 Å². The topological polar surface area (TPSA) is 74.3 Å². The molecule has 1 aromatic carbocycles. The van der Waals surface area contributed by atoms with Gasteiger partial charge in [0, 0.05) is 20.1 Å². The molecule has 34 heavy (non-hydrogen) atoms. The van der Waals surface area contributed by atoms with E-state index < -0.39 is 6.04 Å². The summed E-state index contributed by atoms with van der Waals surface area (Å²) in [6, 6.07) is 7.05. The number of aromatic nitrogens is 2. The molecular weight excluding hydrogens is 432 g/mol. The molecule has 3 amide bonds.